The van der Waals surface area contributed by atoms with Crippen LogP contribution in [0.1, 0.15) is 18.1 Å². The van der Waals surface area contributed by atoms with E-state index in [4.69, 9.17) is 14.2 Å². The molecule has 0 aliphatic carbocycles. The number of rotatable bonds is 6. The summed E-state index contributed by atoms with van der Waals surface area (Å²) in [5.41, 5.74) is 1.95. The smallest absolute Gasteiger partial charge is 0.246 e. The molecule has 0 saturated carbocycles. The van der Waals surface area contributed by atoms with Crippen LogP contribution in [0, 0.1) is 0 Å². The van der Waals surface area contributed by atoms with Gasteiger partial charge in [-0.15, -0.1) is 0 Å². The first kappa shape index (κ1) is 17.9. The van der Waals surface area contributed by atoms with Crippen LogP contribution in [0.15, 0.2) is 48.5 Å². The summed E-state index contributed by atoms with van der Waals surface area (Å²) in [6.07, 6.45) is 3.38. The standard InChI is InChI=1S/C21H23NO4/c1-3-24-18-8-4-16(5-9-18)7-11-21(23)22(2)15-17-6-10-19-20(14-17)26-13-12-25-19/h4-11,14H,3,12-13,15H2,1-2H3/b11-7+. The molecule has 26 heavy (non-hydrogen) atoms. The Hall–Kier alpha value is -2.95. The second-order valence-electron chi connectivity index (χ2n) is 6.01. The largest absolute Gasteiger partial charge is 0.494 e. The van der Waals surface area contributed by atoms with E-state index in [2.05, 4.69) is 0 Å². The Labute approximate surface area is 153 Å². The van der Waals surface area contributed by atoms with Crippen molar-refractivity contribution in [2.45, 2.75) is 13.5 Å². The zero-order valence-corrected chi connectivity index (χ0v) is 15.1. The van der Waals surface area contributed by atoms with Crippen LogP contribution in [0.5, 0.6) is 17.2 Å². The van der Waals surface area contributed by atoms with Gasteiger partial charge in [-0.2, -0.15) is 0 Å². The van der Waals surface area contributed by atoms with Gasteiger partial charge in [0.25, 0.3) is 0 Å². The zero-order chi connectivity index (χ0) is 18.4. The monoisotopic (exact) mass is 353 g/mol. The molecule has 0 aromatic heterocycles. The van der Waals surface area contributed by atoms with Crippen molar-refractivity contribution in [3.63, 3.8) is 0 Å². The van der Waals surface area contributed by atoms with Crippen LogP contribution < -0.4 is 14.2 Å². The molecule has 0 fully saturated rings. The van der Waals surface area contributed by atoms with Crippen molar-refractivity contribution in [3.05, 3.63) is 59.7 Å². The molecule has 5 heteroatoms. The first-order valence-electron chi connectivity index (χ1n) is 8.70. The molecule has 0 atom stereocenters. The van der Waals surface area contributed by atoms with Crippen molar-refractivity contribution >= 4 is 12.0 Å². The lowest BCUT2D eigenvalue weighted by molar-refractivity contribution is -0.125. The summed E-state index contributed by atoms with van der Waals surface area (Å²) in [6, 6.07) is 13.4. The molecule has 0 bridgehead atoms. The Kier molecular flexibility index (Phi) is 5.79. The summed E-state index contributed by atoms with van der Waals surface area (Å²) in [5, 5.41) is 0. The van der Waals surface area contributed by atoms with Crippen LogP contribution in [-0.2, 0) is 11.3 Å². The van der Waals surface area contributed by atoms with Crippen molar-refractivity contribution in [2.24, 2.45) is 0 Å². The number of carbonyl (C=O) groups excluding carboxylic acids is 1. The third kappa shape index (κ3) is 4.57. The molecule has 1 amide bonds. The topological polar surface area (TPSA) is 48.0 Å². The van der Waals surface area contributed by atoms with Crippen LogP contribution in [0.3, 0.4) is 0 Å². The van der Waals surface area contributed by atoms with Gasteiger partial charge in [-0.3, -0.25) is 4.79 Å². The zero-order valence-electron chi connectivity index (χ0n) is 15.1. The van der Waals surface area contributed by atoms with Gasteiger partial charge in [-0.25, -0.2) is 0 Å². The minimum Gasteiger partial charge on any atom is -0.494 e. The average molecular weight is 353 g/mol. The van der Waals surface area contributed by atoms with Gasteiger partial charge in [0.05, 0.1) is 6.61 Å². The molecule has 1 aliphatic rings. The van der Waals surface area contributed by atoms with E-state index in [1.54, 1.807) is 24.1 Å². The maximum atomic E-state index is 12.3. The second-order valence-corrected chi connectivity index (χ2v) is 6.01. The number of hydrogen-bond acceptors (Lipinski definition) is 4. The van der Waals surface area contributed by atoms with Crippen molar-refractivity contribution in [3.8, 4) is 17.2 Å². The van der Waals surface area contributed by atoms with Gasteiger partial charge in [0.2, 0.25) is 5.91 Å². The maximum absolute atomic E-state index is 12.3. The van der Waals surface area contributed by atoms with E-state index in [0.29, 0.717) is 26.4 Å². The normalized spacial score (nSPS) is 12.8. The van der Waals surface area contributed by atoms with Crippen LogP contribution in [0.2, 0.25) is 0 Å². The summed E-state index contributed by atoms with van der Waals surface area (Å²) in [7, 11) is 1.78. The second kappa shape index (κ2) is 8.43. The molecular formula is C21H23NO4. The SMILES string of the molecule is CCOc1ccc(/C=C/C(=O)N(C)Cc2ccc3c(c2)OCCO3)cc1. The molecule has 0 spiro atoms. The summed E-state index contributed by atoms with van der Waals surface area (Å²) >= 11 is 0. The molecule has 3 rings (SSSR count). The van der Waals surface area contributed by atoms with Crippen molar-refractivity contribution in [1.82, 2.24) is 4.90 Å². The fraction of sp³-hybridized carbons (Fsp3) is 0.286. The molecule has 0 radical (unpaired) electrons. The number of fused-ring (bicyclic) bond motifs is 1. The lowest BCUT2D eigenvalue weighted by Gasteiger charge is -2.20. The van der Waals surface area contributed by atoms with Crippen molar-refractivity contribution < 1.29 is 19.0 Å². The number of ether oxygens (including phenoxy) is 3. The highest BCUT2D eigenvalue weighted by Gasteiger charge is 2.13. The summed E-state index contributed by atoms with van der Waals surface area (Å²) < 4.78 is 16.5. The minimum atomic E-state index is -0.0613. The minimum absolute atomic E-state index is 0.0613. The molecule has 136 valence electrons. The van der Waals surface area contributed by atoms with Crippen LogP contribution in [-0.4, -0.2) is 37.7 Å². The molecule has 1 aliphatic heterocycles. The predicted octanol–water partition coefficient (Wildman–Crippen LogP) is 3.53. The first-order valence-corrected chi connectivity index (χ1v) is 8.70. The van der Waals surface area contributed by atoms with Gasteiger partial charge in [0.15, 0.2) is 11.5 Å². The van der Waals surface area contributed by atoms with Gasteiger partial charge in [0.1, 0.15) is 19.0 Å². The van der Waals surface area contributed by atoms with E-state index in [-0.39, 0.29) is 5.91 Å². The third-order valence-electron chi connectivity index (χ3n) is 4.01. The lowest BCUT2D eigenvalue weighted by atomic mass is 10.1. The third-order valence-corrected chi connectivity index (χ3v) is 4.01. The highest BCUT2D eigenvalue weighted by Crippen LogP contribution is 2.31. The van der Waals surface area contributed by atoms with Gasteiger partial charge >= 0.3 is 0 Å². The van der Waals surface area contributed by atoms with E-state index in [1.807, 2.05) is 49.4 Å². The lowest BCUT2D eigenvalue weighted by Crippen LogP contribution is -2.24. The molecule has 2 aromatic rings. The van der Waals surface area contributed by atoms with Crippen LogP contribution in [0.4, 0.5) is 0 Å². The average Bonchev–Trinajstić information content (AvgIpc) is 2.67. The molecule has 5 nitrogen and oxygen atoms in total. The van der Waals surface area contributed by atoms with E-state index in [0.717, 1.165) is 28.4 Å². The highest BCUT2D eigenvalue weighted by atomic mass is 16.6. The number of nitrogens with zero attached hydrogens (tertiary/aromatic N) is 1. The van der Waals surface area contributed by atoms with Gasteiger partial charge in [0, 0.05) is 19.7 Å². The molecule has 1 heterocycles. The summed E-state index contributed by atoms with van der Waals surface area (Å²) in [5.74, 6) is 2.25. The van der Waals surface area contributed by atoms with E-state index in [1.165, 1.54) is 0 Å². The predicted molar refractivity (Wildman–Crippen MR) is 101 cm³/mol. The van der Waals surface area contributed by atoms with E-state index < -0.39 is 0 Å². The van der Waals surface area contributed by atoms with Gasteiger partial charge in [-0.1, -0.05) is 18.2 Å². The van der Waals surface area contributed by atoms with E-state index in [9.17, 15) is 4.79 Å². The van der Waals surface area contributed by atoms with Gasteiger partial charge in [-0.05, 0) is 48.4 Å². The maximum Gasteiger partial charge on any atom is 0.246 e. The first-order chi connectivity index (χ1) is 12.7. The fourth-order valence-electron chi connectivity index (χ4n) is 2.67. The van der Waals surface area contributed by atoms with Gasteiger partial charge < -0.3 is 19.1 Å². The quantitative estimate of drug-likeness (QED) is 0.746. The van der Waals surface area contributed by atoms with Crippen LogP contribution >= 0.6 is 0 Å². The summed E-state index contributed by atoms with van der Waals surface area (Å²) in [4.78, 5) is 14.0. The molecule has 2 aromatic carbocycles. The Morgan fingerprint density at radius 3 is 2.58 bits per heavy atom. The van der Waals surface area contributed by atoms with Crippen molar-refractivity contribution in [2.75, 3.05) is 26.9 Å². The van der Waals surface area contributed by atoms with E-state index >= 15 is 0 Å². The van der Waals surface area contributed by atoms with Crippen molar-refractivity contribution in [1.29, 1.82) is 0 Å². The van der Waals surface area contributed by atoms with Crippen LogP contribution in [0.25, 0.3) is 6.08 Å². The Morgan fingerprint density at radius 2 is 1.85 bits per heavy atom. The Morgan fingerprint density at radius 1 is 1.12 bits per heavy atom. The number of amides is 1. The molecule has 0 unspecified atom stereocenters. The molecule has 0 saturated heterocycles. The highest BCUT2D eigenvalue weighted by molar-refractivity contribution is 5.91. The number of hydrogen-bond donors (Lipinski definition) is 0. The molecular weight excluding hydrogens is 330 g/mol. The Bertz CT molecular complexity index is 783. The molecule has 0 N–H and O–H groups in total. The summed E-state index contributed by atoms with van der Waals surface area (Å²) in [6.45, 7) is 4.21. The number of likely N-dealkylation sites (N-methyl/N-ethyl adjacent to an activating group) is 1. The number of benzene rings is 2. The number of carbonyl (C=O) groups is 1. The Balaban J connectivity index is 1.59. The fourth-order valence-corrected chi connectivity index (χ4v) is 2.67.